The van der Waals surface area contributed by atoms with Crippen molar-refractivity contribution in [1.29, 1.82) is 0 Å². The van der Waals surface area contributed by atoms with Gasteiger partial charge in [-0.1, -0.05) is 26.2 Å². The SMILES string of the molecule is CCCN(CC1(C=O)CCCCC1)C1CC1. The van der Waals surface area contributed by atoms with Crippen molar-refractivity contribution in [2.24, 2.45) is 5.41 Å². The van der Waals surface area contributed by atoms with E-state index in [0.717, 1.165) is 25.4 Å². The number of rotatable bonds is 6. The van der Waals surface area contributed by atoms with E-state index in [1.54, 1.807) is 0 Å². The lowest BCUT2D eigenvalue weighted by atomic mass is 9.75. The predicted octanol–water partition coefficient (Wildman–Crippen LogP) is 3.01. The van der Waals surface area contributed by atoms with Gasteiger partial charge >= 0.3 is 0 Å². The molecule has 2 aliphatic rings. The lowest BCUT2D eigenvalue weighted by Crippen LogP contribution is -2.41. The number of hydrogen-bond acceptors (Lipinski definition) is 2. The van der Waals surface area contributed by atoms with E-state index in [1.165, 1.54) is 51.4 Å². The van der Waals surface area contributed by atoms with Crippen LogP contribution in [0, 0.1) is 5.41 Å². The fraction of sp³-hybridized carbons (Fsp3) is 0.929. The molecular weight excluding hydrogens is 198 g/mol. The van der Waals surface area contributed by atoms with Crippen LogP contribution in [0.4, 0.5) is 0 Å². The van der Waals surface area contributed by atoms with Gasteiger partial charge in [0.1, 0.15) is 6.29 Å². The molecule has 16 heavy (non-hydrogen) atoms. The molecule has 0 aromatic rings. The van der Waals surface area contributed by atoms with Gasteiger partial charge in [-0.3, -0.25) is 4.90 Å². The van der Waals surface area contributed by atoms with E-state index < -0.39 is 0 Å². The van der Waals surface area contributed by atoms with Crippen LogP contribution in [0.2, 0.25) is 0 Å². The highest BCUT2D eigenvalue weighted by molar-refractivity contribution is 5.60. The van der Waals surface area contributed by atoms with Crippen LogP contribution < -0.4 is 0 Å². The molecule has 2 fully saturated rings. The van der Waals surface area contributed by atoms with E-state index in [-0.39, 0.29) is 5.41 Å². The van der Waals surface area contributed by atoms with Crippen molar-refractivity contribution in [3.05, 3.63) is 0 Å². The summed E-state index contributed by atoms with van der Waals surface area (Å²) in [4.78, 5) is 14.0. The highest BCUT2D eigenvalue weighted by atomic mass is 16.1. The van der Waals surface area contributed by atoms with E-state index in [2.05, 4.69) is 11.8 Å². The molecule has 0 unspecified atom stereocenters. The first-order valence-corrected chi connectivity index (χ1v) is 7.00. The maximum absolute atomic E-state index is 11.4. The molecule has 0 bridgehead atoms. The molecule has 2 heteroatoms. The molecule has 0 aromatic heterocycles. The predicted molar refractivity (Wildman–Crippen MR) is 66.5 cm³/mol. The van der Waals surface area contributed by atoms with Gasteiger partial charge in [-0.05, 0) is 38.6 Å². The molecule has 0 atom stereocenters. The van der Waals surface area contributed by atoms with Gasteiger partial charge < -0.3 is 4.79 Å². The van der Waals surface area contributed by atoms with Crippen molar-refractivity contribution in [2.45, 2.75) is 64.3 Å². The molecule has 2 nitrogen and oxygen atoms in total. The first-order chi connectivity index (χ1) is 7.79. The number of carbonyl (C=O) groups excluding carboxylic acids is 1. The fourth-order valence-electron chi connectivity index (χ4n) is 3.09. The summed E-state index contributed by atoms with van der Waals surface area (Å²) in [5.74, 6) is 0. The summed E-state index contributed by atoms with van der Waals surface area (Å²) in [6.45, 7) is 4.46. The van der Waals surface area contributed by atoms with Gasteiger partial charge in [-0.15, -0.1) is 0 Å². The lowest BCUT2D eigenvalue weighted by Gasteiger charge is -2.37. The summed E-state index contributed by atoms with van der Waals surface area (Å²) in [7, 11) is 0. The van der Waals surface area contributed by atoms with Crippen LogP contribution in [0.5, 0.6) is 0 Å². The zero-order valence-electron chi connectivity index (χ0n) is 10.6. The molecule has 0 aliphatic heterocycles. The molecule has 92 valence electrons. The van der Waals surface area contributed by atoms with Gasteiger partial charge in [0.05, 0.1) is 0 Å². The maximum atomic E-state index is 11.4. The number of aldehydes is 1. The Morgan fingerprint density at radius 3 is 2.44 bits per heavy atom. The summed E-state index contributed by atoms with van der Waals surface area (Å²) >= 11 is 0. The zero-order valence-corrected chi connectivity index (χ0v) is 10.6. The largest absolute Gasteiger partial charge is 0.303 e. The minimum Gasteiger partial charge on any atom is -0.303 e. The molecule has 0 amide bonds. The maximum Gasteiger partial charge on any atom is 0.127 e. The van der Waals surface area contributed by atoms with Gasteiger partial charge in [0.2, 0.25) is 0 Å². The first-order valence-electron chi connectivity index (χ1n) is 7.00. The van der Waals surface area contributed by atoms with E-state index in [1.807, 2.05) is 0 Å². The van der Waals surface area contributed by atoms with Crippen molar-refractivity contribution in [3.63, 3.8) is 0 Å². The number of hydrogen-bond donors (Lipinski definition) is 0. The van der Waals surface area contributed by atoms with Crippen LogP contribution >= 0.6 is 0 Å². The van der Waals surface area contributed by atoms with Crippen molar-refractivity contribution in [2.75, 3.05) is 13.1 Å². The Bertz CT molecular complexity index is 229. The second kappa shape index (κ2) is 5.31. The third kappa shape index (κ3) is 2.85. The van der Waals surface area contributed by atoms with E-state index >= 15 is 0 Å². The molecule has 0 radical (unpaired) electrons. The van der Waals surface area contributed by atoms with Crippen molar-refractivity contribution in [1.82, 2.24) is 4.90 Å². The molecule has 2 saturated carbocycles. The van der Waals surface area contributed by atoms with Crippen LogP contribution in [0.25, 0.3) is 0 Å². The Balaban J connectivity index is 1.94. The van der Waals surface area contributed by atoms with E-state index in [0.29, 0.717) is 0 Å². The molecule has 0 heterocycles. The zero-order chi connectivity index (χ0) is 11.4. The summed E-state index contributed by atoms with van der Waals surface area (Å²) < 4.78 is 0. The van der Waals surface area contributed by atoms with E-state index in [4.69, 9.17) is 0 Å². The second-order valence-electron chi connectivity index (χ2n) is 5.74. The van der Waals surface area contributed by atoms with E-state index in [9.17, 15) is 4.79 Å². The Labute approximate surface area is 99.4 Å². The van der Waals surface area contributed by atoms with Crippen molar-refractivity contribution < 1.29 is 4.79 Å². The van der Waals surface area contributed by atoms with Crippen LogP contribution in [0.3, 0.4) is 0 Å². The van der Waals surface area contributed by atoms with Crippen molar-refractivity contribution in [3.8, 4) is 0 Å². The van der Waals surface area contributed by atoms with Crippen molar-refractivity contribution >= 4 is 6.29 Å². The monoisotopic (exact) mass is 223 g/mol. The minimum atomic E-state index is 0.00993. The minimum absolute atomic E-state index is 0.00993. The summed E-state index contributed by atoms with van der Waals surface area (Å²) in [5, 5.41) is 0. The topological polar surface area (TPSA) is 20.3 Å². The Kier molecular flexibility index (Phi) is 4.01. The summed E-state index contributed by atoms with van der Waals surface area (Å²) in [5.41, 5.74) is 0.00993. The fourth-order valence-corrected chi connectivity index (χ4v) is 3.09. The Morgan fingerprint density at radius 1 is 1.25 bits per heavy atom. The molecular formula is C14H25NO. The highest BCUT2D eigenvalue weighted by Crippen LogP contribution is 2.38. The standard InChI is InChI=1S/C14H25NO/c1-2-10-15(13-6-7-13)11-14(12-16)8-4-3-5-9-14/h12-13H,2-11H2,1H3. The number of nitrogens with zero attached hydrogens (tertiary/aromatic N) is 1. The molecule has 0 spiro atoms. The third-order valence-electron chi connectivity index (χ3n) is 4.19. The molecule has 2 aliphatic carbocycles. The van der Waals surface area contributed by atoms with Gasteiger partial charge in [-0.25, -0.2) is 0 Å². The third-order valence-corrected chi connectivity index (χ3v) is 4.19. The second-order valence-corrected chi connectivity index (χ2v) is 5.74. The number of carbonyl (C=O) groups is 1. The average Bonchev–Trinajstić information content (AvgIpc) is 3.14. The van der Waals surface area contributed by atoms with Crippen LogP contribution in [0.1, 0.15) is 58.3 Å². The van der Waals surface area contributed by atoms with Crippen LogP contribution in [-0.4, -0.2) is 30.3 Å². The molecule has 2 rings (SSSR count). The Morgan fingerprint density at radius 2 is 1.94 bits per heavy atom. The van der Waals surface area contributed by atoms with Gasteiger partial charge in [-0.2, -0.15) is 0 Å². The van der Waals surface area contributed by atoms with Gasteiger partial charge in [0, 0.05) is 18.0 Å². The molecule has 0 saturated heterocycles. The first kappa shape index (κ1) is 12.1. The van der Waals surface area contributed by atoms with Crippen LogP contribution in [0.15, 0.2) is 0 Å². The Hall–Kier alpha value is -0.370. The smallest absolute Gasteiger partial charge is 0.127 e. The normalized spacial score (nSPS) is 24.6. The quantitative estimate of drug-likeness (QED) is 0.645. The summed E-state index contributed by atoms with van der Waals surface area (Å²) in [6.07, 6.45) is 11.3. The van der Waals surface area contributed by atoms with Gasteiger partial charge in [0.15, 0.2) is 0 Å². The average molecular weight is 223 g/mol. The lowest BCUT2D eigenvalue weighted by molar-refractivity contribution is -0.119. The molecule has 0 aromatic carbocycles. The molecule has 0 N–H and O–H groups in total. The highest BCUT2D eigenvalue weighted by Gasteiger charge is 2.37. The van der Waals surface area contributed by atoms with Crippen LogP contribution in [-0.2, 0) is 4.79 Å². The van der Waals surface area contributed by atoms with Gasteiger partial charge in [0.25, 0.3) is 0 Å². The summed E-state index contributed by atoms with van der Waals surface area (Å²) in [6, 6.07) is 0.804.